The van der Waals surface area contributed by atoms with Crippen LogP contribution in [0, 0.1) is 0 Å². The van der Waals surface area contributed by atoms with Gasteiger partial charge in [0.2, 0.25) is 0 Å². The van der Waals surface area contributed by atoms with Crippen molar-refractivity contribution in [2.45, 2.75) is 0 Å². The molecule has 18 heavy (non-hydrogen) atoms. The van der Waals surface area contributed by atoms with E-state index < -0.39 is 0 Å². The van der Waals surface area contributed by atoms with E-state index in [0.717, 1.165) is 26.9 Å². The van der Waals surface area contributed by atoms with Gasteiger partial charge in [0, 0.05) is 30.0 Å². The van der Waals surface area contributed by atoms with E-state index in [1.807, 2.05) is 36.4 Å². The molecule has 0 radical (unpaired) electrons. The van der Waals surface area contributed by atoms with Crippen molar-refractivity contribution in [2.75, 3.05) is 0 Å². The van der Waals surface area contributed by atoms with Gasteiger partial charge in [-0.25, -0.2) is 0 Å². The van der Waals surface area contributed by atoms with Crippen molar-refractivity contribution in [3.63, 3.8) is 0 Å². The van der Waals surface area contributed by atoms with E-state index in [1.165, 1.54) is 0 Å². The third-order valence-electron chi connectivity index (χ3n) is 2.56. The molecule has 0 fully saturated rings. The average molecular weight is 301 g/mol. The second kappa shape index (κ2) is 4.74. The topological polar surface area (TPSA) is 35.0 Å². The Bertz CT molecular complexity index is 695. The molecule has 0 aliphatic heterocycles. The number of pyridine rings is 2. The molecule has 0 N–H and O–H groups in total. The molecule has 0 spiro atoms. The smallest absolute Gasteiger partial charge is 0.144 e. The SMILES string of the molecule is Brc1cnccc1Oc1cccc2ncccc12. The third kappa shape index (κ3) is 2.07. The summed E-state index contributed by atoms with van der Waals surface area (Å²) in [4.78, 5) is 8.31. The van der Waals surface area contributed by atoms with Gasteiger partial charge in [0.1, 0.15) is 11.5 Å². The normalized spacial score (nSPS) is 10.5. The lowest BCUT2D eigenvalue weighted by Gasteiger charge is -2.09. The zero-order valence-electron chi connectivity index (χ0n) is 9.38. The van der Waals surface area contributed by atoms with Crippen LogP contribution < -0.4 is 4.74 Å². The molecule has 0 saturated heterocycles. The molecule has 2 aromatic heterocycles. The Kier molecular flexibility index (Phi) is 2.94. The Morgan fingerprint density at radius 1 is 0.944 bits per heavy atom. The summed E-state index contributed by atoms with van der Waals surface area (Å²) < 4.78 is 6.72. The molecule has 88 valence electrons. The van der Waals surface area contributed by atoms with Gasteiger partial charge in [-0.2, -0.15) is 0 Å². The Labute approximate surface area is 113 Å². The maximum absolute atomic E-state index is 5.90. The summed E-state index contributed by atoms with van der Waals surface area (Å²) >= 11 is 3.41. The number of ether oxygens (including phenoxy) is 1. The van der Waals surface area contributed by atoms with E-state index in [4.69, 9.17) is 4.74 Å². The van der Waals surface area contributed by atoms with Gasteiger partial charge in [0.15, 0.2) is 0 Å². The van der Waals surface area contributed by atoms with E-state index >= 15 is 0 Å². The summed E-state index contributed by atoms with van der Waals surface area (Å²) in [7, 11) is 0. The van der Waals surface area contributed by atoms with Gasteiger partial charge in [-0.05, 0) is 40.2 Å². The van der Waals surface area contributed by atoms with Crippen LogP contribution in [0.3, 0.4) is 0 Å². The van der Waals surface area contributed by atoms with Crippen molar-refractivity contribution in [1.29, 1.82) is 0 Å². The Morgan fingerprint density at radius 2 is 1.89 bits per heavy atom. The van der Waals surface area contributed by atoms with Crippen molar-refractivity contribution in [1.82, 2.24) is 9.97 Å². The minimum Gasteiger partial charge on any atom is -0.455 e. The highest BCUT2D eigenvalue weighted by Crippen LogP contribution is 2.32. The number of aromatic nitrogens is 2. The standard InChI is InChI=1S/C14H9BrN2O/c15-11-9-16-8-6-14(11)18-13-5-1-4-12-10(13)3-2-7-17-12/h1-9H. The number of hydrogen-bond acceptors (Lipinski definition) is 3. The molecular formula is C14H9BrN2O. The van der Waals surface area contributed by atoms with Crippen LogP contribution in [0.15, 0.2) is 59.5 Å². The van der Waals surface area contributed by atoms with Crippen LogP contribution in [0.2, 0.25) is 0 Å². The Morgan fingerprint density at radius 3 is 2.78 bits per heavy atom. The summed E-state index contributed by atoms with van der Waals surface area (Å²) in [5, 5.41) is 0.990. The second-order valence-electron chi connectivity index (χ2n) is 3.73. The molecule has 0 bridgehead atoms. The summed E-state index contributed by atoms with van der Waals surface area (Å²) in [6.07, 6.45) is 5.18. The van der Waals surface area contributed by atoms with Crippen molar-refractivity contribution in [2.24, 2.45) is 0 Å². The average Bonchev–Trinajstić information content (AvgIpc) is 2.42. The van der Waals surface area contributed by atoms with Gasteiger partial charge in [-0.15, -0.1) is 0 Å². The minimum absolute atomic E-state index is 0.737. The van der Waals surface area contributed by atoms with Crippen LogP contribution in [0.25, 0.3) is 10.9 Å². The molecule has 0 aliphatic carbocycles. The quantitative estimate of drug-likeness (QED) is 0.712. The molecule has 0 saturated carbocycles. The molecular weight excluding hydrogens is 292 g/mol. The molecule has 0 aliphatic rings. The summed E-state index contributed by atoms with van der Waals surface area (Å²) in [5.74, 6) is 1.52. The van der Waals surface area contributed by atoms with E-state index in [0.29, 0.717) is 0 Å². The molecule has 0 unspecified atom stereocenters. The van der Waals surface area contributed by atoms with Crippen LogP contribution in [0.4, 0.5) is 0 Å². The second-order valence-corrected chi connectivity index (χ2v) is 4.59. The van der Waals surface area contributed by atoms with Crippen LogP contribution in [-0.4, -0.2) is 9.97 Å². The fourth-order valence-corrected chi connectivity index (χ4v) is 2.06. The number of rotatable bonds is 2. The van der Waals surface area contributed by atoms with Gasteiger partial charge in [0.05, 0.1) is 9.99 Å². The van der Waals surface area contributed by atoms with Gasteiger partial charge < -0.3 is 4.74 Å². The van der Waals surface area contributed by atoms with Crippen molar-refractivity contribution in [3.05, 3.63) is 59.5 Å². The third-order valence-corrected chi connectivity index (χ3v) is 3.16. The highest BCUT2D eigenvalue weighted by atomic mass is 79.9. The van der Waals surface area contributed by atoms with Crippen LogP contribution in [0.5, 0.6) is 11.5 Å². The summed E-state index contributed by atoms with van der Waals surface area (Å²) in [6.45, 7) is 0. The molecule has 2 heterocycles. The van der Waals surface area contributed by atoms with Gasteiger partial charge >= 0.3 is 0 Å². The number of hydrogen-bond donors (Lipinski definition) is 0. The number of nitrogens with zero attached hydrogens (tertiary/aromatic N) is 2. The summed E-state index contributed by atoms with van der Waals surface area (Å²) in [5.41, 5.74) is 0.917. The highest BCUT2D eigenvalue weighted by Gasteiger charge is 2.06. The molecule has 3 aromatic rings. The maximum atomic E-state index is 5.90. The fourth-order valence-electron chi connectivity index (χ4n) is 1.73. The predicted molar refractivity (Wildman–Crippen MR) is 73.8 cm³/mol. The van der Waals surface area contributed by atoms with E-state index in [-0.39, 0.29) is 0 Å². The van der Waals surface area contributed by atoms with Crippen molar-refractivity contribution < 1.29 is 4.74 Å². The Hall–Kier alpha value is -1.94. The lowest BCUT2D eigenvalue weighted by atomic mass is 10.2. The van der Waals surface area contributed by atoms with Crippen molar-refractivity contribution >= 4 is 26.8 Å². The first-order chi connectivity index (χ1) is 8.84. The fraction of sp³-hybridized carbons (Fsp3) is 0. The van der Waals surface area contributed by atoms with E-state index in [1.54, 1.807) is 18.6 Å². The first-order valence-electron chi connectivity index (χ1n) is 5.46. The number of benzene rings is 1. The minimum atomic E-state index is 0.737. The van der Waals surface area contributed by atoms with Gasteiger partial charge in [-0.1, -0.05) is 6.07 Å². The molecule has 3 nitrogen and oxygen atoms in total. The summed E-state index contributed by atoms with van der Waals surface area (Å²) in [6, 6.07) is 11.5. The predicted octanol–water partition coefficient (Wildman–Crippen LogP) is 4.18. The number of halogens is 1. The largest absolute Gasteiger partial charge is 0.455 e. The molecule has 1 aromatic carbocycles. The highest BCUT2D eigenvalue weighted by molar-refractivity contribution is 9.10. The molecule has 0 atom stereocenters. The molecule has 4 heteroatoms. The zero-order chi connectivity index (χ0) is 12.4. The van der Waals surface area contributed by atoms with Crippen molar-refractivity contribution in [3.8, 4) is 11.5 Å². The van der Waals surface area contributed by atoms with E-state index in [9.17, 15) is 0 Å². The molecule has 0 amide bonds. The van der Waals surface area contributed by atoms with Crippen LogP contribution in [0.1, 0.15) is 0 Å². The van der Waals surface area contributed by atoms with Crippen LogP contribution >= 0.6 is 15.9 Å². The first-order valence-corrected chi connectivity index (χ1v) is 6.25. The zero-order valence-corrected chi connectivity index (χ0v) is 11.0. The molecule has 3 rings (SSSR count). The van der Waals surface area contributed by atoms with Gasteiger partial charge in [0.25, 0.3) is 0 Å². The number of fused-ring (bicyclic) bond motifs is 1. The van der Waals surface area contributed by atoms with E-state index in [2.05, 4.69) is 25.9 Å². The first kappa shape index (κ1) is 11.2. The lowest BCUT2D eigenvalue weighted by Crippen LogP contribution is -1.88. The lowest BCUT2D eigenvalue weighted by molar-refractivity contribution is 0.484. The maximum Gasteiger partial charge on any atom is 0.144 e. The Balaban J connectivity index is 2.08. The monoisotopic (exact) mass is 300 g/mol. The van der Waals surface area contributed by atoms with Crippen LogP contribution in [-0.2, 0) is 0 Å². The van der Waals surface area contributed by atoms with Gasteiger partial charge in [-0.3, -0.25) is 9.97 Å².